The molecular weight excluding hydrogens is 241 g/mol. The quantitative estimate of drug-likeness (QED) is 0.886. The number of alkyl halides is 3. The Labute approximate surface area is 104 Å². The Morgan fingerprint density at radius 2 is 1.89 bits per heavy atom. The summed E-state index contributed by atoms with van der Waals surface area (Å²) in [4.78, 5) is 0. The van der Waals surface area contributed by atoms with E-state index in [1.165, 1.54) is 18.2 Å². The molecule has 1 N–H and O–H groups in total. The number of anilines is 1. The van der Waals surface area contributed by atoms with E-state index < -0.39 is 11.7 Å². The smallest absolute Gasteiger partial charge is 0.383 e. The van der Waals surface area contributed by atoms with Crippen molar-refractivity contribution < 1.29 is 13.2 Å². The van der Waals surface area contributed by atoms with E-state index in [0.29, 0.717) is 0 Å². The maximum atomic E-state index is 12.7. The van der Waals surface area contributed by atoms with Crippen molar-refractivity contribution in [2.24, 2.45) is 11.8 Å². The standard InChI is InChI=1S/C13H15F3N2/c1-9(2)10(7-17)8-18-12-6-4-3-5-11(12)13(14,15)16/h3-6,9-10,18H,8H2,1-2H3. The molecule has 0 aromatic heterocycles. The van der Waals surface area contributed by atoms with Crippen LogP contribution in [0.5, 0.6) is 0 Å². The van der Waals surface area contributed by atoms with E-state index in [0.717, 1.165) is 6.07 Å². The fraction of sp³-hybridized carbons (Fsp3) is 0.462. The number of nitrogens with one attached hydrogen (secondary N) is 1. The largest absolute Gasteiger partial charge is 0.418 e. The number of benzene rings is 1. The highest BCUT2D eigenvalue weighted by Gasteiger charge is 2.33. The predicted molar refractivity (Wildman–Crippen MR) is 63.9 cm³/mol. The number of nitrogens with zero attached hydrogens (tertiary/aromatic N) is 1. The first-order valence-corrected chi connectivity index (χ1v) is 5.66. The summed E-state index contributed by atoms with van der Waals surface area (Å²) in [5.74, 6) is -0.216. The Hall–Kier alpha value is -1.70. The van der Waals surface area contributed by atoms with Gasteiger partial charge in [-0.1, -0.05) is 26.0 Å². The molecule has 0 fully saturated rings. The van der Waals surface area contributed by atoms with Gasteiger partial charge in [-0.2, -0.15) is 18.4 Å². The SMILES string of the molecule is CC(C)C(C#N)CNc1ccccc1C(F)(F)F. The Morgan fingerprint density at radius 3 is 2.39 bits per heavy atom. The number of hydrogen-bond donors (Lipinski definition) is 1. The predicted octanol–water partition coefficient (Wildman–Crippen LogP) is 3.91. The van der Waals surface area contributed by atoms with E-state index >= 15 is 0 Å². The molecule has 98 valence electrons. The van der Waals surface area contributed by atoms with E-state index in [9.17, 15) is 13.2 Å². The lowest BCUT2D eigenvalue weighted by Crippen LogP contribution is -2.19. The lowest BCUT2D eigenvalue weighted by Gasteiger charge is -2.18. The zero-order chi connectivity index (χ0) is 13.8. The normalized spacial score (nSPS) is 13.2. The number of para-hydroxylation sites is 1. The summed E-state index contributed by atoms with van der Waals surface area (Å²) in [5.41, 5.74) is -0.684. The minimum absolute atomic E-state index is 0.0194. The van der Waals surface area contributed by atoms with Crippen LogP contribution in [0.25, 0.3) is 0 Å². The van der Waals surface area contributed by atoms with E-state index in [-0.39, 0.29) is 24.1 Å². The molecule has 1 atom stereocenters. The molecule has 0 aliphatic carbocycles. The molecule has 5 heteroatoms. The van der Waals surface area contributed by atoms with Crippen LogP contribution in [0.1, 0.15) is 19.4 Å². The van der Waals surface area contributed by atoms with Gasteiger partial charge >= 0.3 is 6.18 Å². The summed E-state index contributed by atoms with van der Waals surface area (Å²) in [6.07, 6.45) is -4.39. The van der Waals surface area contributed by atoms with Gasteiger partial charge in [-0.3, -0.25) is 0 Å². The Morgan fingerprint density at radius 1 is 1.28 bits per heavy atom. The first kappa shape index (κ1) is 14.4. The third-order valence-corrected chi connectivity index (χ3v) is 2.72. The molecule has 0 saturated carbocycles. The summed E-state index contributed by atoms with van der Waals surface area (Å²) < 4.78 is 38.1. The molecule has 0 aliphatic heterocycles. The van der Waals surface area contributed by atoms with E-state index in [4.69, 9.17) is 5.26 Å². The minimum Gasteiger partial charge on any atom is -0.383 e. The van der Waals surface area contributed by atoms with Gasteiger partial charge in [0.05, 0.1) is 17.6 Å². The highest BCUT2D eigenvalue weighted by atomic mass is 19.4. The third-order valence-electron chi connectivity index (χ3n) is 2.72. The molecule has 18 heavy (non-hydrogen) atoms. The fourth-order valence-electron chi connectivity index (χ4n) is 1.53. The second-order valence-corrected chi connectivity index (χ2v) is 4.40. The van der Waals surface area contributed by atoms with Crippen LogP contribution in [-0.2, 0) is 6.18 Å². The Bertz CT molecular complexity index is 433. The van der Waals surface area contributed by atoms with Crippen molar-refractivity contribution in [2.45, 2.75) is 20.0 Å². The summed E-state index contributed by atoms with van der Waals surface area (Å²) in [6.45, 7) is 3.94. The monoisotopic (exact) mass is 256 g/mol. The summed E-state index contributed by atoms with van der Waals surface area (Å²) in [7, 11) is 0. The van der Waals surface area contributed by atoms with Crippen molar-refractivity contribution >= 4 is 5.69 Å². The van der Waals surface area contributed by atoms with Gasteiger partial charge in [0, 0.05) is 12.2 Å². The Kier molecular flexibility index (Phi) is 4.60. The molecule has 0 radical (unpaired) electrons. The van der Waals surface area contributed by atoms with Gasteiger partial charge in [0.15, 0.2) is 0 Å². The number of rotatable bonds is 4. The van der Waals surface area contributed by atoms with Gasteiger partial charge in [-0.25, -0.2) is 0 Å². The van der Waals surface area contributed by atoms with Gasteiger partial charge in [-0.05, 0) is 18.1 Å². The molecule has 0 amide bonds. The summed E-state index contributed by atoms with van der Waals surface area (Å²) in [6, 6.07) is 7.37. The molecule has 1 unspecified atom stereocenters. The average Bonchev–Trinajstić information content (AvgIpc) is 2.28. The molecule has 0 saturated heterocycles. The van der Waals surface area contributed by atoms with Crippen molar-refractivity contribution in [1.29, 1.82) is 5.26 Å². The van der Waals surface area contributed by atoms with Crippen molar-refractivity contribution in [3.8, 4) is 6.07 Å². The molecule has 1 aromatic carbocycles. The van der Waals surface area contributed by atoms with Gasteiger partial charge in [0.2, 0.25) is 0 Å². The minimum atomic E-state index is -4.39. The van der Waals surface area contributed by atoms with Crippen LogP contribution >= 0.6 is 0 Å². The highest BCUT2D eigenvalue weighted by Crippen LogP contribution is 2.34. The van der Waals surface area contributed by atoms with Crippen molar-refractivity contribution in [1.82, 2.24) is 0 Å². The lowest BCUT2D eigenvalue weighted by atomic mass is 9.97. The average molecular weight is 256 g/mol. The molecule has 0 spiro atoms. The number of hydrogen-bond acceptors (Lipinski definition) is 2. The molecule has 0 aliphatic rings. The fourth-order valence-corrected chi connectivity index (χ4v) is 1.53. The van der Waals surface area contributed by atoms with E-state index in [2.05, 4.69) is 11.4 Å². The van der Waals surface area contributed by atoms with Crippen LogP contribution in [-0.4, -0.2) is 6.54 Å². The third kappa shape index (κ3) is 3.66. The summed E-state index contributed by atoms with van der Waals surface area (Å²) >= 11 is 0. The van der Waals surface area contributed by atoms with Crippen LogP contribution in [0.2, 0.25) is 0 Å². The van der Waals surface area contributed by atoms with Gasteiger partial charge < -0.3 is 5.32 Å². The molecule has 1 rings (SSSR count). The van der Waals surface area contributed by atoms with E-state index in [1.54, 1.807) is 0 Å². The molecule has 0 heterocycles. The maximum absolute atomic E-state index is 12.7. The van der Waals surface area contributed by atoms with Crippen molar-refractivity contribution in [2.75, 3.05) is 11.9 Å². The molecule has 0 bridgehead atoms. The maximum Gasteiger partial charge on any atom is 0.418 e. The topological polar surface area (TPSA) is 35.8 Å². The van der Waals surface area contributed by atoms with Crippen LogP contribution in [0, 0.1) is 23.2 Å². The van der Waals surface area contributed by atoms with Gasteiger partial charge in [-0.15, -0.1) is 0 Å². The van der Waals surface area contributed by atoms with Crippen LogP contribution in [0.3, 0.4) is 0 Å². The molecule has 1 aromatic rings. The van der Waals surface area contributed by atoms with Crippen molar-refractivity contribution in [3.63, 3.8) is 0 Å². The second kappa shape index (κ2) is 5.76. The second-order valence-electron chi connectivity index (χ2n) is 4.40. The zero-order valence-corrected chi connectivity index (χ0v) is 10.3. The zero-order valence-electron chi connectivity index (χ0n) is 10.3. The lowest BCUT2D eigenvalue weighted by molar-refractivity contribution is -0.136. The van der Waals surface area contributed by atoms with Crippen LogP contribution in [0.15, 0.2) is 24.3 Å². The Balaban J connectivity index is 2.83. The molecular formula is C13H15F3N2. The summed E-state index contributed by atoms with van der Waals surface area (Å²) in [5, 5.41) is 11.6. The first-order valence-electron chi connectivity index (χ1n) is 5.66. The number of nitriles is 1. The van der Waals surface area contributed by atoms with Crippen LogP contribution in [0.4, 0.5) is 18.9 Å². The highest BCUT2D eigenvalue weighted by molar-refractivity contribution is 5.52. The van der Waals surface area contributed by atoms with Gasteiger partial charge in [0.25, 0.3) is 0 Å². The number of halogens is 3. The first-order chi connectivity index (χ1) is 8.36. The van der Waals surface area contributed by atoms with Gasteiger partial charge in [0.1, 0.15) is 0 Å². The molecule has 2 nitrogen and oxygen atoms in total. The van der Waals surface area contributed by atoms with Crippen molar-refractivity contribution in [3.05, 3.63) is 29.8 Å². The van der Waals surface area contributed by atoms with Crippen LogP contribution < -0.4 is 5.32 Å². The van der Waals surface area contributed by atoms with E-state index in [1.807, 2.05) is 13.8 Å².